The van der Waals surface area contributed by atoms with Gasteiger partial charge in [-0.3, -0.25) is 9.69 Å². The molecule has 1 aromatic carbocycles. The molecular weight excluding hydrogens is 424 g/mol. The molecule has 2 aromatic rings. The first-order chi connectivity index (χ1) is 13.4. The Hall–Kier alpha value is -1.90. The Kier molecular flexibility index (Phi) is 6.74. The van der Waals surface area contributed by atoms with Gasteiger partial charge in [0.15, 0.2) is 11.5 Å². The Morgan fingerprint density at radius 2 is 2.04 bits per heavy atom. The molecule has 7 nitrogen and oxygen atoms in total. The van der Waals surface area contributed by atoms with E-state index in [4.69, 9.17) is 9.72 Å². The average Bonchev–Trinajstić information content (AvgIpc) is 3.03. The van der Waals surface area contributed by atoms with Crippen LogP contribution in [-0.4, -0.2) is 59.1 Å². The molecule has 8 heteroatoms. The Bertz CT molecular complexity index is 839. The minimum atomic E-state index is -1.02. The van der Waals surface area contributed by atoms with E-state index in [0.29, 0.717) is 31.1 Å². The second kappa shape index (κ2) is 9.07. The summed E-state index contributed by atoms with van der Waals surface area (Å²) in [5, 5.41) is 10.3. The quantitative estimate of drug-likeness (QED) is 0.626. The number of rotatable bonds is 8. The third-order valence-electron chi connectivity index (χ3n) is 4.85. The van der Waals surface area contributed by atoms with Crippen molar-refractivity contribution in [2.75, 3.05) is 32.2 Å². The fourth-order valence-electron chi connectivity index (χ4n) is 3.34. The van der Waals surface area contributed by atoms with Gasteiger partial charge in [0, 0.05) is 44.7 Å². The van der Waals surface area contributed by atoms with E-state index in [0.717, 1.165) is 35.3 Å². The van der Waals surface area contributed by atoms with E-state index >= 15 is 0 Å². The number of aliphatic hydroxyl groups excluding tert-OH is 1. The van der Waals surface area contributed by atoms with Gasteiger partial charge >= 0.3 is 0 Å². The highest BCUT2D eigenvalue weighted by atomic mass is 79.9. The predicted molar refractivity (Wildman–Crippen MR) is 111 cm³/mol. The van der Waals surface area contributed by atoms with Crippen LogP contribution < -0.4 is 4.90 Å². The van der Waals surface area contributed by atoms with Crippen LogP contribution in [0.1, 0.15) is 41.6 Å². The molecule has 2 heterocycles. The molecule has 1 amide bonds. The summed E-state index contributed by atoms with van der Waals surface area (Å²) < 4.78 is 8.55. The molecule has 0 radical (unpaired) electrons. The molecule has 1 aliphatic heterocycles. The summed E-state index contributed by atoms with van der Waals surface area (Å²) in [6.07, 6.45) is 1.50. The largest absolute Gasteiger partial charge is 0.381 e. The molecule has 1 aromatic heterocycles. The van der Waals surface area contributed by atoms with Crippen molar-refractivity contribution in [3.63, 3.8) is 0 Å². The monoisotopic (exact) mass is 450 g/mol. The number of aliphatic hydroxyl groups is 1. The van der Waals surface area contributed by atoms with Gasteiger partial charge in [0.1, 0.15) is 5.82 Å². The van der Waals surface area contributed by atoms with Crippen molar-refractivity contribution in [1.29, 1.82) is 0 Å². The van der Waals surface area contributed by atoms with Crippen molar-refractivity contribution < 1.29 is 14.6 Å². The van der Waals surface area contributed by atoms with Crippen molar-refractivity contribution in [3.05, 3.63) is 45.8 Å². The lowest BCUT2D eigenvalue weighted by Gasteiger charge is -2.36. The molecule has 0 saturated carbocycles. The van der Waals surface area contributed by atoms with Crippen molar-refractivity contribution in [3.8, 4) is 0 Å². The Balaban J connectivity index is 1.94. The summed E-state index contributed by atoms with van der Waals surface area (Å²) in [7, 11) is 3.35. The number of imidazole rings is 1. The highest BCUT2D eigenvalue weighted by molar-refractivity contribution is 9.10. The number of benzene rings is 1. The number of fused-ring (bicyclic) bond motifs is 1. The Morgan fingerprint density at radius 1 is 1.25 bits per heavy atom. The number of carbonyl (C=O) groups excluding carboxylic acids is 1. The first-order valence-corrected chi connectivity index (χ1v) is 10.3. The first kappa shape index (κ1) is 20.8. The molecule has 3 rings (SSSR count). The summed E-state index contributed by atoms with van der Waals surface area (Å²) in [5.41, 5.74) is 1.59. The van der Waals surface area contributed by atoms with Gasteiger partial charge in [-0.15, -0.1) is 0 Å². The van der Waals surface area contributed by atoms with Gasteiger partial charge in [0.05, 0.1) is 0 Å². The number of hydrogen-bond donors (Lipinski definition) is 1. The lowest BCUT2D eigenvalue weighted by atomic mass is 10.2. The maximum Gasteiger partial charge on any atom is 0.277 e. The van der Waals surface area contributed by atoms with Gasteiger partial charge in [-0.05, 0) is 30.5 Å². The summed E-state index contributed by atoms with van der Waals surface area (Å²) in [5.74, 6) is 1.12. The number of aromatic nitrogens is 2. The van der Waals surface area contributed by atoms with Crippen LogP contribution in [0.15, 0.2) is 28.7 Å². The van der Waals surface area contributed by atoms with Gasteiger partial charge in [0.25, 0.3) is 5.91 Å². The lowest BCUT2D eigenvalue weighted by Crippen LogP contribution is -2.52. The van der Waals surface area contributed by atoms with Crippen LogP contribution in [0.3, 0.4) is 0 Å². The molecule has 1 atom stereocenters. The molecule has 1 N–H and O–H groups in total. The summed E-state index contributed by atoms with van der Waals surface area (Å²) in [4.78, 5) is 20.6. The van der Waals surface area contributed by atoms with E-state index in [-0.39, 0.29) is 5.91 Å². The summed E-state index contributed by atoms with van der Waals surface area (Å²) in [6.45, 7) is 4.04. The molecule has 0 aliphatic carbocycles. The standard InChI is InChI=1S/C20H27BrN4O3/c1-4-10-28-11-6-9-16-22-18-17(19(26)24(3)20(27)23(18)2)25(16)13-14-7-5-8-15(21)12-14/h5,7-8,12,20,27H,4,6,9-11,13H2,1-3H3. The summed E-state index contributed by atoms with van der Waals surface area (Å²) >= 11 is 3.51. The normalized spacial score (nSPS) is 16.6. The number of anilines is 1. The highest BCUT2D eigenvalue weighted by Crippen LogP contribution is 2.30. The van der Waals surface area contributed by atoms with Gasteiger partial charge < -0.3 is 19.3 Å². The predicted octanol–water partition coefficient (Wildman–Crippen LogP) is 2.85. The van der Waals surface area contributed by atoms with Crippen molar-refractivity contribution in [2.45, 2.75) is 39.1 Å². The molecule has 0 saturated heterocycles. The maximum atomic E-state index is 12.9. The number of hydrogen-bond acceptors (Lipinski definition) is 5. The minimum Gasteiger partial charge on any atom is -0.381 e. The number of amides is 1. The minimum absolute atomic E-state index is 0.225. The number of aryl methyl sites for hydroxylation is 1. The van der Waals surface area contributed by atoms with Crippen LogP contribution in [0.4, 0.5) is 5.82 Å². The van der Waals surface area contributed by atoms with Crippen molar-refractivity contribution >= 4 is 27.7 Å². The SMILES string of the molecule is CCCOCCCc1nc2c(n1Cc1cccc(Br)c1)C(=O)N(C)C(O)N2C. The molecule has 1 unspecified atom stereocenters. The van der Waals surface area contributed by atoms with Crippen LogP contribution in [0.5, 0.6) is 0 Å². The van der Waals surface area contributed by atoms with E-state index in [9.17, 15) is 9.90 Å². The number of nitrogens with zero attached hydrogens (tertiary/aromatic N) is 4. The Morgan fingerprint density at radius 3 is 2.75 bits per heavy atom. The van der Waals surface area contributed by atoms with Gasteiger partial charge in [0.2, 0.25) is 6.35 Å². The average molecular weight is 451 g/mol. The zero-order valence-electron chi connectivity index (χ0n) is 16.6. The van der Waals surface area contributed by atoms with E-state index in [1.54, 1.807) is 19.0 Å². The van der Waals surface area contributed by atoms with Crippen molar-refractivity contribution in [1.82, 2.24) is 14.5 Å². The molecular formula is C20H27BrN4O3. The second-order valence-corrected chi connectivity index (χ2v) is 7.92. The smallest absolute Gasteiger partial charge is 0.277 e. The molecule has 0 fully saturated rings. The fraction of sp³-hybridized carbons (Fsp3) is 0.500. The molecule has 152 valence electrons. The van der Waals surface area contributed by atoms with Gasteiger partial charge in [-0.25, -0.2) is 4.98 Å². The first-order valence-electron chi connectivity index (χ1n) is 9.53. The molecule has 28 heavy (non-hydrogen) atoms. The van der Waals surface area contributed by atoms with Crippen LogP contribution in [0, 0.1) is 0 Å². The van der Waals surface area contributed by atoms with Crippen LogP contribution >= 0.6 is 15.9 Å². The number of carbonyl (C=O) groups is 1. The summed E-state index contributed by atoms with van der Waals surface area (Å²) in [6, 6.07) is 8.02. The fourth-order valence-corrected chi connectivity index (χ4v) is 3.79. The zero-order valence-corrected chi connectivity index (χ0v) is 18.1. The Labute approximate surface area is 174 Å². The molecule has 1 aliphatic rings. The van der Waals surface area contributed by atoms with E-state index < -0.39 is 6.35 Å². The lowest BCUT2D eigenvalue weighted by molar-refractivity contribution is 0.0152. The van der Waals surface area contributed by atoms with Crippen LogP contribution in [0.2, 0.25) is 0 Å². The van der Waals surface area contributed by atoms with E-state index in [1.807, 2.05) is 28.8 Å². The third-order valence-corrected chi connectivity index (χ3v) is 5.34. The van der Waals surface area contributed by atoms with E-state index in [1.165, 1.54) is 4.90 Å². The molecule has 0 bridgehead atoms. The third kappa shape index (κ3) is 4.24. The van der Waals surface area contributed by atoms with Crippen LogP contribution in [-0.2, 0) is 17.7 Å². The topological polar surface area (TPSA) is 70.8 Å². The second-order valence-electron chi connectivity index (χ2n) is 7.01. The van der Waals surface area contributed by atoms with Crippen molar-refractivity contribution in [2.24, 2.45) is 0 Å². The zero-order chi connectivity index (χ0) is 20.3. The van der Waals surface area contributed by atoms with Gasteiger partial charge in [-0.2, -0.15) is 0 Å². The molecule has 0 spiro atoms. The van der Waals surface area contributed by atoms with E-state index in [2.05, 4.69) is 22.9 Å². The maximum absolute atomic E-state index is 12.9. The van der Waals surface area contributed by atoms with Gasteiger partial charge in [-0.1, -0.05) is 35.0 Å². The van der Waals surface area contributed by atoms with Crippen LogP contribution in [0.25, 0.3) is 0 Å². The number of ether oxygens (including phenoxy) is 1. The number of halogens is 1. The highest BCUT2D eigenvalue weighted by Gasteiger charge is 2.37.